The van der Waals surface area contributed by atoms with Gasteiger partial charge in [-0.15, -0.1) is 0 Å². The highest BCUT2D eigenvalue weighted by Crippen LogP contribution is 2.17. The minimum atomic E-state index is -3.64. The zero-order chi connectivity index (χ0) is 20.1. The molecule has 0 saturated carbocycles. The third-order valence-electron chi connectivity index (χ3n) is 4.82. The molecular formula is C20H26N2O5S. The van der Waals surface area contributed by atoms with E-state index in [4.69, 9.17) is 9.47 Å². The van der Waals surface area contributed by atoms with E-state index in [1.54, 1.807) is 31.4 Å². The molecule has 1 aliphatic heterocycles. The van der Waals surface area contributed by atoms with Gasteiger partial charge in [0.05, 0.1) is 36.9 Å². The van der Waals surface area contributed by atoms with Crippen LogP contribution in [0.25, 0.3) is 0 Å². The van der Waals surface area contributed by atoms with Gasteiger partial charge < -0.3 is 19.9 Å². The van der Waals surface area contributed by atoms with E-state index in [0.717, 1.165) is 16.9 Å². The Morgan fingerprint density at radius 1 is 1.14 bits per heavy atom. The molecule has 1 saturated heterocycles. The van der Waals surface area contributed by atoms with Crippen molar-refractivity contribution in [2.45, 2.75) is 36.6 Å². The van der Waals surface area contributed by atoms with E-state index in [0.29, 0.717) is 13.2 Å². The summed E-state index contributed by atoms with van der Waals surface area (Å²) in [4.78, 5) is 0.194. The van der Waals surface area contributed by atoms with Crippen molar-refractivity contribution >= 4 is 10.0 Å². The fraction of sp³-hybridized carbons (Fsp3) is 0.400. The molecule has 3 atom stereocenters. The van der Waals surface area contributed by atoms with Crippen molar-refractivity contribution in [2.24, 2.45) is 0 Å². The van der Waals surface area contributed by atoms with Gasteiger partial charge in [-0.3, -0.25) is 0 Å². The quantitative estimate of drug-likeness (QED) is 0.610. The van der Waals surface area contributed by atoms with Gasteiger partial charge in [0, 0.05) is 13.1 Å². The van der Waals surface area contributed by atoms with Crippen molar-refractivity contribution < 1.29 is 23.0 Å². The fourth-order valence-electron chi connectivity index (χ4n) is 3.03. The number of ether oxygens (including phenoxy) is 2. The van der Waals surface area contributed by atoms with Crippen molar-refractivity contribution in [1.29, 1.82) is 0 Å². The largest absolute Gasteiger partial charge is 0.497 e. The van der Waals surface area contributed by atoms with E-state index in [9.17, 15) is 13.5 Å². The first-order valence-electron chi connectivity index (χ1n) is 9.11. The predicted molar refractivity (Wildman–Crippen MR) is 106 cm³/mol. The highest BCUT2D eigenvalue weighted by atomic mass is 32.2. The molecule has 0 spiro atoms. The lowest BCUT2D eigenvalue weighted by Crippen LogP contribution is -2.44. The van der Waals surface area contributed by atoms with Crippen LogP contribution in [0, 0.1) is 6.92 Å². The molecule has 7 nitrogen and oxygen atoms in total. The van der Waals surface area contributed by atoms with Gasteiger partial charge in [-0.1, -0.05) is 29.8 Å². The summed E-state index contributed by atoms with van der Waals surface area (Å²) in [5.41, 5.74) is 2.04. The first-order chi connectivity index (χ1) is 13.4. The van der Waals surface area contributed by atoms with Crippen LogP contribution >= 0.6 is 0 Å². The number of hydrogen-bond donors (Lipinski definition) is 3. The lowest BCUT2D eigenvalue weighted by atomic mass is 10.1. The summed E-state index contributed by atoms with van der Waals surface area (Å²) in [6.07, 6.45) is -1.41. The molecule has 2 aromatic rings. The first-order valence-corrected chi connectivity index (χ1v) is 10.6. The lowest BCUT2D eigenvalue weighted by Gasteiger charge is -2.19. The highest BCUT2D eigenvalue weighted by Gasteiger charge is 2.36. The maximum Gasteiger partial charge on any atom is 0.240 e. The number of methoxy groups -OCH3 is 1. The van der Waals surface area contributed by atoms with Gasteiger partial charge in [-0.05, 0) is 36.8 Å². The second kappa shape index (κ2) is 9.02. The van der Waals surface area contributed by atoms with Crippen molar-refractivity contribution in [3.63, 3.8) is 0 Å². The summed E-state index contributed by atoms with van der Waals surface area (Å²) in [7, 11) is -2.02. The highest BCUT2D eigenvalue weighted by molar-refractivity contribution is 7.89. The van der Waals surface area contributed by atoms with Crippen molar-refractivity contribution in [1.82, 2.24) is 10.0 Å². The molecule has 2 aromatic carbocycles. The molecule has 1 aliphatic rings. The molecule has 1 fully saturated rings. The third kappa shape index (κ3) is 5.09. The van der Waals surface area contributed by atoms with E-state index in [-0.39, 0.29) is 17.5 Å². The van der Waals surface area contributed by atoms with Crippen LogP contribution in [0.5, 0.6) is 5.75 Å². The summed E-state index contributed by atoms with van der Waals surface area (Å²) in [6.45, 7) is 2.79. The lowest BCUT2D eigenvalue weighted by molar-refractivity contribution is 0.0443. The Hall–Kier alpha value is -1.97. The Kier molecular flexibility index (Phi) is 6.69. The van der Waals surface area contributed by atoms with E-state index in [1.165, 1.54) is 0 Å². The first kappa shape index (κ1) is 20.8. The molecular weight excluding hydrogens is 380 g/mol. The monoisotopic (exact) mass is 406 g/mol. The van der Waals surface area contributed by atoms with Gasteiger partial charge >= 0.3 is 0 Å². The Morgan fingerprint density at radius 3 is 2.46 bits per heavy atom. The van der Waals surface area contributed by atoms with Gasteiger partial charge in [0.1, 0.15) is 5.75 Å². The van der Waals surface area contributed by atoms with Gasteiger partial charge in [0.2, 0.25) is 10.0 Å². The Labute approximate surface area is 165 Å². The number of aryl methyl sites for hydroxylation is 1. The number of rotatable bonds is 8. The van der Waals surface area contributed by atoms with Crippen molar-refractivity contribution in [2.75, 3.05) is 20.3 Å². The number of aliphatic hydroxyl groups excluding tert-OH is 1. The molecule has 3 unspecified atom stereocenters. The smallest absolute Gasteiger partial charge is 0.240 e. The van der Waals surface area contributed by atoms with Gasteiger partial charge in [-0.25, -0.2) is 13.1 Å². The van der Waals surface area contributed by atoms with E-state index < -0.39 is 22.2 Å². The summed E-state index contributed by atoms with van der Waals surface area (Å²) < 4.78 is 38.0. The van der Waals surface area contributed by atoms with Crippen LogP contribution in [0.3, 0.4) is 0 Å². The molecule has 152 valence electrons. The molecule has 0 amide bonds. The Balaban J connectivity index is 1.50. The third-order valence-corrected chi connectivity index (χ3v) is 6.26. The second-order valence-corrected chi connectivity index (χ2v) is 8.63. The van der Waals surface area contributed by atoms with Crippen LogP contribution < -0.4 is 14.8 Å². The normalized spacial score (nSPS) is 22.3. The van der Waals surface area contributed by atoms with Crippen LogP contribution in [0.15, 0.2) is 53.4 Å². The molecule has 3 N–H and O–H groups in total. The number of nitrogens with one attached hydrogen (secondary N) is 2. The zero-order valence-electron chi connectivity index (χ0n) is 16.0. The van der Waals surface area contributed by atoms with E-state index >= 15 is 0 Å². The number of aliphatic hydroxyl groups is 1. The molecule has 8 heteroatoms. The topological polar surface area (TPSA) is 96.9 Å². The average Bonchev–Trinajstić information content (AvgIpc) is 3.05. The maximum absolute atomic E-state index is 12.4. The van der Waals surface area contributed by atoms with E-state index in [2.05, 4.69) is 10.0 Å². The van der Waals surface area contributed by atoms with Crippen LogP contribution in [-0.4, -0.2) is 52.0 Å². The zero-order valence-corrected chi connectivity index (χ0v) is 16.8. The number of hydrogen-bond acceptors (Lipinski definition) is 6. The number of sulfonamides is 1. The fourth-order valence-corrected chi connectivity index (χ4v) is 4.07. The minimum absolute atomic E-state index is 0.0120. The Morgan fingerprint density at radius 2 is 1.82 bits per heavy atom. The molecule has 3 rings (SSSR count). The maximum atomic E-state index is 12.4. The van der Waals surface area contributed by atoms with Gasteiger partial charge in [0.25, 0.3) is 0 Å². The van der Waals surface area contributed by atoms with Gasteiger partial charge in [0.15, 0.2) is 0 Å². The SMILES string of the molecule is COc1ccc(CNC2COC(CNS(=O)(=O)c3ccc(C)cc3)C2O)cc1. The average molecular weight is 407 g/mol. The second-order valence-electron chi connectivity index (χ2n) is 6.86. The molecule has 0 aliphatic carbocycles. The van der Waals surface area contributed by atoms with Crippen LogP contribution in [0.1, 0.15) is 11.1 Å². The van der Waals surface area contributed by atoms with Crippen molar-refractivity contribution in [3.05, 3.63) is 59.7 Å². The van der Waals surface area contributed by atoms with Gasteiger partial charge in [-0.2, -0.15) is 0 Å². The summed E-state index contributed by atoms with van der Waals surface area (Å²) in [5.74, 6) is 0.786. The van der Waals surface area contributed by atoms with E-state index in [1.807, 2.05) is 31.2 Å². The van der Waals surface area contributed by atoms with Crippen molar-refractivity contribution in [3.8, 4) is 5.75 Å². The standard InChI is InChI=1S/C20H26N2O5S/c1-14-3-9-17(10-4-14)28(24,25)22-12-19-20(23)18(13-27-19)21-11-15-5-7-16(26-2)8-6-15/h3-10,18-23H,11-13H2,1-2H3. The molecule has 0 radical (unpaired) electrons. The summed E-state index contributed by atoms with van der Waals surface area (Å²) in [5, 5.41) is 13.7. The molecule has 1 heterocycles. The molecule has 28 heavy (non-hydrogen) atoms. The summed E-state index contributed by atoms with van der Waals surface area (Å²) >= 11 is 0. The Bertz CT molecular complexity index is 868. The summed E-state index contributed by atoms with van der Waals surface area (Å²) in [6, 6.07) is 14.0. The molecule has 0 bridgehead atoms. The van der Waals surface area contributed by atoms with Crippen LogP contribution in [0.2, 0.25) is 0 Å². The minimum Gasteiger partial charge on any atom is -0.497 e. The van der Waals surface area contributed by atoms with Crippen LogP contribution in [0.4, 0.5) is 0 Å². The number of benzene rings is 2. The molecule has 0 aromatic heterocycles. The predicted octanol–water partition coefficient (Wildman–Crippen LogP) is 1.20. The van der Waals surface area contributed by atoms with Crippen LogP contribution in [-0.2, 0) is 21.3 Å².